The van der Waals surface area contributed by atoms with Gasteiger partial charge in [0.15, 0.2) is 0 Å². The largest absolute Gasteiger partial charge is 0.377 e. The minimum atomic E-state index is 0.439. The lowest BCUT2D eigenvalue weighted by Crippen LogP contribution is -2.46. The molecule has 0 amide bonds. The first-order valence-corrected chi connectivity index (χ1v) is 7.90. The molecule has 0 radical (unpaired) electrons. The van der Waals surface area contributed by atoms with E-state index in [1.54, 1.807) is 0 Å². The number of piperidine rings is 1. The number of rotatable bonds is 6. The first kappa shape index (κ1) is 15.2. The van der Waals surface area contributed by atoms with Crippen LogP contribution in [0, 0.1) is 0 Å². The summed E-state index contributed by atoms with van der Waals surface area (Å²) >= 11 is 0. The Hall–Kier alpha value is -0.160. The minimum absolute atomic E-state index is 0.439. The normalized spacial score (nSPS) is 28.1. The highest BCUT2D eigenvalue weighted by molar-refractivity contribution is 4.79. The topological polar surface area (TPSA) is 27.7 Å². The summed E-state index contributed by atoms with van der Waals surface area (Å²) in [4.78, 5) is 4.96. The second kappa shape index (κ2) is 7.58. The lowest BCUT2D eigenvalue weighted by molar-refractivity contribution is 0.0812. The van der Waals surface area contributed by atoms with Crippen molar-refractivity contribution in [1.82, 2.24) is 15.1 Å². The van der Waals surface area contributed by atoms with Crippen molar-refractivity contribution in [2.45, 2.75) is 50.8 Å². The lowest BCUT2D eigenvalue weighted by atomic mass is 10.0. The molecule has 19 heavy (non-hydrogen) atoms. The molecule has 0 aromatic carbocycles. The van der Waals surface area contributed by atoms with Crippen LogP contribution in [0.5, 0.6) is 0 Å². The van der Waals surface area contributed by atoms with Gasteiger partial charge in [-0.05, 0) is 59.8 Å². The Bertz CT molecular complexity index is 248. The van der Waals surface area contributed by atoms with Crippen molar-refractivity contribution in [2.75, 3.05) is 46.9 Å². The zero-order valence-electron chi connectivity index (χ0n) is 12.9. The van der Waals surface area contributed by atoms with Crippen LogP contribution >= 0.6 is 0 Å². The molecule has 0 bridgehead atoms. The number of hydrogen-bond donors (Lipinski definition) is 1. The first-order chi connectivity index (χ1) is 9.16. The van der Waals surface area contributed by atoms with Crippen LogP contribution in [0.25, 0.3) is 0 Å². The molecule has 4 heteroatoms. The molecule has 2 fully saturated rings. The van der Waals surface area contributed by atoms with Gasteiger partial charge in [-0.1, -0.05) is 0 Å². The van der Waals surface area contributed by atoms with Gasteiger partial charge >= 0.3 is 0 Å². The molecule has 2 atom stereocenters. The summed E-state index contributed by atoms with van der Waals surface area (Å²) in [7, 11) is 4.50. The van der Waals surface area contributed by atoms with Gasteiger partial charge in [-0.3, -0.25) is 0 Å². The van der Waals surface area contributed by atoms with Gasteiger partial charge in [-0.25, -0.2) is 0 Å². The maximum absolute atomic E-state index is 5.72. The Morgan fingerprint density at radius 3 is 2.68 bits per heavy atom. The van der Waals surface area contributed by atoms with Gasteiger partial charge in [0.2, 0.25) is 0 Å². The number of likely N-dealkylation sites (tertiary alicyclic amines) is 1. The summed E-state index contributed by atoms with van der Waals surface area (Å²) in [5.41, 5.74) is 0. The Morgan fingerprint density at radius 2 is 2.05 bits per heavy atom. The molecule has 0 spiro atoms. The Labute approximate surface area is 118 Å². The van der Waals surface area contributed by atoms with Crippen LogP contribution in [0.15, 0.2) is 0 Å². The van der Waals surface area contributed by atoms with E-state index in [0.717, 1.165) is 25.7 Å². The van der Waals surface area contributed by atoms with Crippen molar-refractivity contribution in [3.63, 3.8) is 0 Å². The SMILES string of the molecule is CC(NCCN(C)C1CCN(C)CC1)C1CCCO1. The lowest BCUT2D eigenvalue weighted by Gasteiger charge is -2.35. The number of nitrogens with one attached hydrogen (secondary N) is 1. The quantitative estimate of drug-likeness (QED) is 0.783. The molecule has 2 heterocycles. The predicted molar refractivity (Wildman–Crippen MR) is 79.6 cm³/mol. The van der Waals surface area contributed by atoms with Crippen LogP contribution in [0.1, 0.15) is 32.6 Å². The summed E-state index contributed by atoms with van der Waals surface area (Å²) in [6.07, 6.45) is 5.52. The number of ether oxygens (including phenoxy) is 1. The maximum atomic E-state index is 5.72. The highest BCUT2D eigenvalue weighted by Crippen LogP contribution is 2.16. The second-order valence-corrected chi connectivity index (χ2v) is 6.31. The molecule has 0 aromatic heterocycles. The smallest absolute Gasteiger partial charge is 0.0726 e. The molecule has 4 nitrogen and oxygen atoms in total. The van der Waals surface area contributed by atoms with Crippen molar-refractivity contribution in [2.24, 2.45) is 0 Å². The standard InChI is InChI=1S/C15H31N3O/c1-13(15-5-4-12-19-15)16-8-11-18(3)14-6-9-17(2)10-7-14/h13-16H,4-12H2,1-3H3. The van der Waals surface area contributed by atoms with Crippen LogP contribution in [0.3, 0.4) is 0 Å². The van der Waals surface area contributed by atoms with Crippen molar-refractivity contribution in [3.8, 4) is 0 Å². The highest BCUT2D eigenvalue weighted by Gasteiger charge is 2.23. The fourth-order valence-electron chi connectivity index (χ4n) is 3.22. The molecule has 1 N–H and O–H groups in total. The minimum Gasteiger partial charge on any atom is -0.377 e. The van der Waals surface area contributed by atoms with E-state index in [0.29, 0.717) is 12.1 Å². The number of likely N-dealkylation sites (N-methyl/N-ethyl adjacent to an activating group) is 1. The zero-order chi connectivity index (χ0) is 13.7. The van der Waals surface area contributed by atoms with E-state index in [1.807, 2.05) is 0 Å². The average Bonchev–Trinajstić information content (AvgIpc) is 2.93. The van der Waals surface area contributed by atoms with Gasteiger partial charge in [0, 0.05) is 31.8 Å². The van der Waals surface area contributed by atoms with Gasteiger partial charge in [0.05, 0.1) is 6.10 Å². The summed E-state index contributed by atoms with van der Waals surface area (Å²) < 4.78 is 5.72. The molecule has 0 aliphatic carbocycles. The van der Waals surface area contributed by atoms with Crippen LogP contribution in [0.2, 0.25) is 0 Å². The molecule has 2 unspecified atom stereocenters. The van der Waals surface area contributed by atoms with E-state index in [1.165, 1.54) is 38.8 Å². The van der Waals surface area contributed by atoms with Gasteiger partial charge in [-0.15, -0.1) is 0 Å². The van der Waals surface area contributed by atoms with Crippen LogP contribution < -0.4 is 5.32 Å². The summed E-state index contributed by atoms with van der Waals surface area (Å²) in [5, 5.41) is 3.63. The van der Waals surface area contributed by atoms with Crippen LogP contribution in [-0.4, -0.2) is 74.9 Å². The first-order valence-electron chi connectivity index (χ1n) is 7.90. The zero-order valence-corrected chi connectivity index (χ0v) is 12.9. The monoisotopic (exact) mass is 269 g/mol. The maximum Gasteiger partial charge on any atom is 0.0726 e. The Kier molecular flexibility index (Phi) is 6.07. The fraction of sp³-hybridized carbons (Fsp3) is 1.00. The molecule has 112 valence electrons. The van der Waals surface area contributed by atoms with E-state index in [-0.39, 0.29) is 0 Å². The van der Waals surface area contributed by atoms with Gasteiger partial charge in [0.25, 0.3) is 0 Å². The molecule has 0 saturated carbocycles. The van der Waals surface area contributed by atoms with Crippen molar-refractivity contribution >= 4 is 0 Å². The molecule has 2 aliphatic rings. The van der Waals surface area contributed by atoms with E-state index in [9.17, 15) is 0 Å². The summed E-state index contributed by atoms with van der Waals surface area (Å²) in [5.74, 6) is 0. The highest BCUT2D eigenvalue weighted by atomic mass is 16.5. The van der Waals surface area contributed by atoms with Crippen molar-refractivity contribution in [1.29, 1.82) is 0 Å². The van der Waals surface area contributed by atoms with E-state index >= 15 is 0 Å². The molecule has 0 aromatic rings. The Balaban J connectivity index is 1.59. The van der Waals surface area contributed by atoms with Crippen molar-refractivity contribution < 1.29 is 4.74 Å². The Morgan fingerprint density at radius 1 is 1.32 bits per heavy atom. The van der Waals surface area contributed by atoms with Crippen LogP contribution in [0.4, 0.5) is 0 Å². The molecule has 2 saturated heterocycles. The number of hydrogen-bond acceptors (Lipinski definition) is 4. The van der Waals surface area contributed by atoms with E-state index < -0.39 is 0 Å². The summed E-state index contributed by atoms with van der Waals surface area (Å²) in [6.45, 7) is 7.91. The number of nitrogens with zero attached hydrogens (tertiary/aromatic N) is 2. The average molecular weight is 269 g/mol. The van der Waals surface area contributed by atoms with Gasteiger partial charge in [-0.2, -0.15) is 0 Å². The molecular weight excluding hydrogens is 238 g/mol. The van der Waals surface area contributed by atoms with E-state index in [2.05, 4.69) is 36.1 Å². The fourth-order valence-corrected chi connectivity index (χ4v) is 3.22. The third-order valence-corrected chi connectivity index (χ3v) is 4.76. The van der Waals surface area contributed by atoms with Gasteiger partial charge < -0.3 is 19.9 Å². The molecular formula is C15H31N3O. The third-order valence-electron chi connectivity index (χ3n) is 4.76. The molecule has 2 aliphatic heterocycles. The predicted octanol–water partition coefficient (Wildman–Crippen LogP) is 1.17. The molecule has 2 rings (SSSR count). The van der Waals surface area contributed by atoms with Crippen molar-refractivity contribution in [3.05, 3.63) is 0 Å². The second-order valence-electron chi connectivity index (χ2n) is 6.31. The third kappa shape index (κ3) is 4.71. The summed E-state index contributed by atoms with van der Waals surface area (Å²) in [6, 6.07) is 1.27. The van der Waals surface area contributed by atoms with Crippen LogP contribution in [-0.2, 0) is 4.74 Å². The van der Waals surface area contributed by atoms with Gasteiger partial charge in [0.1, 0.15) is 0 Å². The van der Waals surface area contributed by atoms with E-state index in [4.69, 9.17) is 4.74 Å².